The molecule has 0 aromatic heterocycles. The molecule has 0 atom stereocenters. The lowest BCUT2D eigenvalue weighted by Gasteiger charge is -2.06. The number of phenolic OH excluding ortho intramolecular Hbond substituents is 1. The van der Waals surface area contributed by atoms with Crippen LogP contribution in [0.5, 0.6) is 11.5 Å². The van der Waals surface area contributed by atoms with Crippen molar-refractivity contribution in [3.63, 3.8) is 0 Å². The Morgan fingerprint density at radius 3 is 2.67 bits per heavy atom. The number of aromatic hydroxyl groups is 1. The number of hydrogen-bond donors (Lipinski definition) is 1. The van der Waals surface area contributed by atoms with Crippen LogP contribution >= 0.6 is 15.9 Å². The summed E-state index contributed by atoms with van der Waals surface area (Å²) in [4.78, 5) is 12.2. The van der Waals surface area contributed by atoms with Crippen molar-refractivity contribution >= 4 is 27.8 Å². The molecule has 0 unspecified atom stereocenters. The van der Waals surface area contributed by atoms with Gasteiger partial charge in [-0.25, -0.2) is 0 Å². The van der Waals surface area contributed by atoms with Crippen LogP contribution in [0.25, 0.3) is 6.08 Å². The molecule has 108 valence electrons. The minimum atomic E-state index is -0.0738. The second-order valence-electron chi connectivity index (χ2n) is 4.56. The highest BCUT2D eigenvalue weighted by Crippen LogP contribution is 2.33. The fourth-order valence-corrected chi connectivity index (χ4v) is 2.41. The van der Waals surface area contributed by atoms with Crippen molar-refractivity contribution in [3.8, 4) is 11.5 Å². The summed E-state index contributed by atoms with van der Waals surface area (Å²) in [6.07, 6.45) is 3.16. The van der Waals surface area contributed by atoms with Gasteiger partial charge in [0.2, 0.25) is 0 Å². The molecule has 0 aliphatic rings. The van der Waals surface area contributed by atoms with Gasteiger partial charge in [-0.05, 0) is 42.3 Å². The summed E-state index contributed by atoms with van der Waals surface area (Å²) in [5, 5.41) is 9.78. The van der Waals surface area contributed by atoms with E-state index >= 15 is 0 Å². The number of hydrogen-bond acceptors (Lipinski definition) is 3. The standard InChI is InChI=1S/C17H15BrO3/c1-11-5-3-4-6-13(11)15(19)8-7-12-9-16(20)17(21-2)10-14(12)18/h3-10,20H,1-2H3/b8-7+. The topological polar surface area (TPSA) is 46.5 Å². The largest absolute Gasteiger partial charge is 0.504 e. The molecule has 0 saturated heterocycles. The molecular weight excluding hydrogens is 332 g/mol. The van der Waals surface area contributed by atoms with Gasteiger partial charge in [0.1, 0.15) is 0 Å². The summed E-state index contributed by atoms with van der Waals surface area (Å²) in [5.41, 5.74) is 2.31. The summed E-state index contributed by atoms with van der Waals surface area (Å²) in [6.45, 7) is 1.90. The molecule has 2 aromatic rings. The average molecular weight is 347 g/mol. The van der Waals surface area contributed by atoms with Gasteiger partial charge in [-0.3, -0.25) is 4.79 Å². The number of ketones is 1. The van der Waals surface area contributed by atoms with Gasteiger partial charge in [-0.2, -0.15) is 0 Å². The Labute approximate surface area is 132 Å². The van der Waals surface area contributed by atoms with Crippen LogP contribution < -0.4 is 4.74 Å². The van der Waals surface area contributed by atoms with Crippen molar-refractivity contribution < 1.29 is 14.6 Å². The molecule has 4 heteroatoms. The number of benzene rings is 2. The Bertz CT molecular complexity index is 705. The minimum Gasteiger partial charge on any atom is -0.504 e. The molecule has 0 aliphatic heterocycles. The number of phenols is 1. The molecule has 0 spiro atoms. The van der Waals surface area contributed by atoms with Gasteiger partial charge in [0.05, 0.1) is 7.11 Å². The van der Waals surface area contributed by atoms with Crippen molar-refractivity contribution in [3.05, 3.63) is 63.6 Å². The van der Waals surface area contributed by atoms with Gasteiger partial charge in [-0.1, -0.05) is 40.2 Å². The number of aryl methyl sites for hydroxylation is 1. The highest BCUT2D eigenvalue weighted by Gasteiger charge is 2.08. The maximum Gasteiger partial charge on any atom is 0.186 e. The van der Waals surface area contributed by atoms with Gasteiger partial charge in [0, 0.05) is 10.0 Å². The Kier molecular flexibility index (Phi) is 4.81. The molecule has 0 fully saturated rings. The molecule has 0 saturated carbocycles. The lowest BCUT2D eigenvalue weighted by molar-refractivity contribution is 0.104. The summed E-state index contributed by atoms with van der Waals surface area (Å²) in [5.74, 6) is 0.336. The van der Waals surface area contributed by atoms with E-state index in [-0.39, 0.29) is 11.5 Å². The zero-order valence-electron chi connectivity index (χ0n) is 11.8. The smallest absolute Gasteiger partial charge is 0.186 e. The van der Waals surface area contributed by atoms with E-state index in [1.165, 1.54) is 13.2 Å². The third-order valence-corrected chi connectivity index (χ3v) is 3.81. The summed E-state index contributed by atoms with van der Waals surface area (Å²) in [6, 6.07) is 10.6. The highest BCUT2D eigenvalue weighted by molar-refractivity contribution is 9.10. The lowest BCUT2D eigenvalue weighted by Crippen LogP contribution is -1.97. The van der Waals surface area contributed by atoms with E-state index in [4.69, 9.17) is 4.74 Å². The highest BCUT2D eigenvalue weighted by atomic mass is 79.9. The number of ether oxygens (including phenoxy) is 1. The predicted molar refractivity (Wildman–Crippen MR) is 86.9 cm³/mol. The molecule has 2 rings (SSSR count). The lowest BCUT2D eigenvalue weighted by atomic mass is 10.0. The van der Waals surface area contributed by atoms with Gasteiger partial charge in [-0.15, -0.1) is 0 Å². The van der Waals surface area contributed by atoms with Gasteiger partial charge in [0.15, 0.2) is 17.3 Å². The van der Waals surface area contributed by atoms with E-state index in [1.807, 2.05) is 25.1 Å². The average Bonchev–Trinajstić information content (AvgIpc) is 2.47. The van der Waals surface area contributed by atoms with Crippen LogP contribution in [-0.4, -0.2) is 18.0 Å². The molecule has 3 nitrogen and oxygen atoms in total. The Morgan fingerprint density at radius 1 is 1.29 bits per heavy atom. The van der Waals surface area contributed by atoms with Crippen molar-refractivity contribution in [2.75, 3.05) is 7.11 Å². The van der Waals surface area contributed by atoms with E-state index in [0.717, 1.165) is 10.0 Å². The first-order valence-corrected chi connectivity index (χ1v) is 7.16. The summed E-state index contributed by atoms with van der Waals surface area (Å²) < 4.78 is 5.76. The third kappa shape index (κ3) is 3.52. The summed E-state index contributed by atoms with van der Waals surface area (Å²) >= 11 is 3.39. The third-order valence-electron chi connectivity index (χ3n) is 3.12. The van der Waals surface area contributed by atoms with Crippen molar-refractivity contribution in [2.24, 2.45) is 0 Å². The SMILES string of the molecule is COc1cc(Br)c(/C=C/C(=O)c2ccccc2C)cc1O. The number of allylic oxidation sites excluding steroid dienone is 1. The van der Waals surface area contributed by atoms with E-state index in [1.54, 1.807) is 24.3 Å². The first kappa shape index (κ1) is 15.3. The maximum absolute atomic E-state index is 12.2. The van der Waals surface area contributed by atoms with E-state index in [0.29, 0.717) is 16.9 Å². The number of halogens is 1. The number of methoxy groups -OCH3 is 1. The molecule has 0 heterocycles. The Balaban J connectivity index is 2.28. The number of rotatable bonds is 4. The van der Waals surface area contributed by atoms with Crippen LogP contribution in [0.2, 0.25) is 0 Å². The Morgan fingerprint density at radius 2 is 2.00 bits per heavy atom. The second kappa shape index (κ2) is 6.59. The zero-order valence-corrected chi connectivity index (χ0v) is 13.3. The molecule has 0 bridgehead atoms. The van der Waals surface area contributed by atoms with Crippen molar-refractivity contribution in [1.82, 2.24) is 0 Å². The molecular formula is C17H15BrO3. The number of carbonyl (C=O) groups excluding carboxylic acids is 1. The molecule has 2 aromatic carbocycles. The van der Waals surface area contributed by atoms with Crippen LogP contribution in [0, 0.1) is 6.92 Å². The molecule has 0 aliphatic carbocycles. The minimum absolute atomic E-state index is 0.0312. The van der Waals surface area contributed by atoms with Crippen LogP contribution in [0.15, 0.2) is 46.9 Å². The maximum atomic E-state index is 12.2. The van der Waals surface area contributed by atoms with Crippen LogP contribution in [0.3, 0.4) is 0 Å². The predicted octanol–water partition coefficient (Wildman–Crippen LogP) is 4.37. The van der Waals surface area contributed by atoms with Crippen molar-refractivity contribution in [1.29, 1.82) is 0 Å². The molecule has 0 radical (unpaired) electrons. The van der Waals surface area contributed by atoms with E-state index in [9.17, 15) is 9.90 Å². The quantitative estimate of drug-likeness (QED) is 0.660. The fraction of sp³-hybridized carbons (Fsp3) is 0.118. The van der Waals surface area contributed by atoms with Gasteiger partial charge < -0.3 is 9.84 Å². The molecule has 21 heavy (non-hydrogen) atoms. The van der Waals surface area contributed by atoms with Crippen molar-refractivity contribution in [2.45, 2.75) is 6.92 Å². The Hall–Kier alpha value is -2.07. The molecule has 1 N–H and O–H groups in total. The van der Waals surface area contributed by atoms with E-state index in [2.05, 4.69) is 15.9 Å². The summed E-state index contributed by atoms with van der Waals surface area (Å²) in [7, 11) is 1.48. The zero-order chi connectivity index (χ0) is 15.4. The first-order chi connectivity index (χ1) is 10.0. The monoisotopic (exact) mass is 346 g/mol. The normalized spacial score (nSPS) is 10.8. The van der Waals surface area contributed by atoms with Gasteiger partial charge in [0.25, 0.3) is 0 Å². The number of carbonyl (C=O) groups is 1. The second-order valence-corrected chi connectivity index (χ2v) is 5.41. The van der Waals surface area contributed by atoms with Gasteiger partial charge >= 0.3 is 0 Å². The first-order valence-electron chi connectivity index (χ1n) is 6.37. The van der Waals surface area contributed by atoms with Crippen LogP contribution in [-0.2, 0) is 0 Å². The van der Waals surface area contributed by atoms with E-state index < -0.39 is 0 Å². The fourth-order valence-electron chi connectivity index (χ4n) is 1.96. The molecule has 0 amide bonds. The van der Waals surface area contributed by atoms with Crippen LogP contribution in [0.4, 0.5) is 0 Å². The van der Waals surface area contributed by atoms with Crippen LogP contribution in [0.1, 0.15) is 21.5 Å².